The third-order valence-corrected chi connectivity index (χ3v) is 7.19. The highest BCUT2D eigenvalue weighted by Crippen LogP contribution is 2.37. The summed E-state index contributed by atoms with van der Waals surface area (Å²) in [5, 5.41) is 12.2. The van der Waals surface area contributed by atoms with Gasteiger partial charge in [-0.3, -0.25) is 9.88 Å². The molecule has 1 aliphatic heterocycles. The van der Waals surface area contributed by atoms with Gasteiger partial charge in [0.25, 0.3) is 0 Å². The fraction of sp³-hybridized carbons (Fsp3) is 0.417. The predicted molar refractivity (Wildman–Crippen MR) is 120 cm³/mol. The zero-order valence-corrected chi connectivity index (χ0v) is 18.6. The lowest BCUT2D eigenvalue weighted by Crippen LogP contribution is -2.29. The smallest absolute Gasteiger partial charge is 0.165 e. The summed E-state index contributed by atoms with van der Waals surface area (Å²) in [6, 6.07) is 10.5. The van der Waals surface area contributed by atoms with Crippen LogP contribution < -0.4 is 4.74 Å². The Morgan fingerprint density at radius 2 is 1.97 bits per heavy atom. The predicted octanol–water partition coefficient (Wildman–Crippen LogP) is 4.48. The molecule has 0 aliphatic carbocycles. The third kappa shape index (κ3) is 5.47. The van der Waals surface area contributed by atoms with Gasteiger partial charge in [0.2, 0.25) is 0 Å². The Morgan fingerprint density at radius 3 is 2.77 bits per heavy atom. The van der Waals surface area contributed by atoms with Gasteiger partial charge in [0.1, 0.15) is 10.6 Å². The molecule has 1 atom stereocenters. The maximum atomic E-state index is 13.7. The Kier molecular flexibility index (Phi) is 6.95. The Bertz CT molecular complexity index is 997. The molecule has 4 rings (SSSR count). The van der Waals surface area contributed by atoms with Crippen LogP contribution in [0.2, 0.25) is 0 Å². The van der Waals surface area contributed by atoms with E-state index < -0.39 is 5.60 Å². The van der Waals surface area contributed by atoms with E-state index in [9.17, 15) is 9.50 Å². The van der Waals surface area contributed by atoms with Gasteiger partial charge in [-0.2, -0.15) is 0 Å². The molecule has 0 bridgehead atoms. The first-order valence-electron chi connectivity index (χ1n) is 10.7. The van der Waals surface area contributed by atoms with Crippen LogP contribution >= 0.6 is 11.3 Å². The van der Waals surface area contributed by atoms with E-state index >= 15 is 0 Å². The number of benzene rings is 1. The molecule has 3 heterocycles. The molecule has 2 aromatic heterocycles. The number of nitrogens with zero attached hydrogens (tertiary/aromatic N) is 3. The second-order valence-electron chi connectivity index (χ2n) is 8.07. The number of rotatable bonds is 7. The highest BCUT2D eigenvalue weighted by Gasteiger charge is 2.35. The molecule has 164 valence electrons. The van der Waals surface area contributed by atoms with Crippen molar-refractivity contribution in [3.63, 3.8) is 0 Å². The SMILES string of the molecule is Cc1nc([C@]2(O)CCCN(Cc3ccncc3)CC2)sc1CCOc1ccccc1F. The van der Waals surface area contributed by atoms with Crippen molar-refractivity contribution < 1.29 is 14.2 Å². The number of para-hydroxylation sites is 1. The first-order chi connectivity index (χ1) is 15.0. The fourth-order valence-corrected chi connectivity index (χ4v) is 5.16. The number of pyridine rings is 1. The van der Waals surface area contributed by atoms with Gasteiger partial charge < -0.3 is 9.84 Å². The van der Waals surface area contributed by atoms with Crippen molar-refractivity contribution in [2.24, 2.45) is 0 Å². The minimum atomic E-state index is -0.896. The third-order valence-electron chi connectivity index (χ3n) is 5.78. The molecule has 5 nitrogen and oxygen atoms in total. The lowest BCUT2D eigenvalue weighted by atomic mass is 9.96. The zero-order valence-electron chi connectivity index (χ0n) is 17.8. The lowest BCUT2D eigenvalue weighted by molar-refractivity contribution is 0.0207. The van der Waals surface area contributed by atoms with E-state index in [0.29, 0.717) is 25.9 Å². The van der Waals surface area contributed by atoms with E-state index in [1.54, 1.807) is 29.5 Å². The lowest BCUT2D eigenvalue weighted by Gasteiger charge is -2.24. The number of halogens is 1. The maximum absolute atomic E-state index is 13.7. The molecule has 31 heavy (non-hydrogen) atoms. The molecule has 7 heteroatoms. The van der Waals surface area contributed by atoms with E-state index in [1.807, 2.05) is 31.5 Å². The number of thiazole rings is 1. The summed E-state index contributed by atoms with van der Waals surface area (Å²) in [5.74, 6) is -0.0881. The van der Waals surface area contributed by atoms with Gasteiger partial charge in [0.05, 0.1) is 12.3 Å². The second-order valence-corrected chi connectivity index (χ2v) is 9.16. The van der Waals surface area contributed by atoms with Gasteiger partial charge in [-0.1, -0.05) is 12.1 Å². The number of aliphatic hydroxyl groups is 1. The topological polar surface area (TPSA) is 58.5 Å². The molecular weight excluding hydrogens is 413 g/mol. The number of aryl methyl sites for hydroxylation is 1. The van der Waals surface area contributed by atoms with Crippen LogP contribution in [0.25, 0.3) is 0 Å². The molecule has 0 saturated carbocycles. The Hall–Kier alpha value is -2.35. The molecule has 1 saturated heterocycles. The molecule has 1 N–H and O–H groups in total. The average molecular weight is 442 g/mol. The van der Waals surface area contributed by atoms with Crippen molar-refractivity contribution in [3.8, 4) is 5.75 Å². The average Bonchev–Trinajstić information content (AvgIpc) is 3.04. The van der Waals surface area contributed by atoms with Gasteiger partial charge in [-0.15, -0.1) is 11.3 Å². The quantitative estimate of drug-likeness (QED) is 0.586. The van der Waals surface area contributed by atoms with Gasteiger partial charge >= 0.3 is 0 Å². The van der Waals surface area contributed by atoms with Gasteiger partial charge in [0.15, 0.2) is 11.6 Å². The molecule has 0 unspecified atom stereocenters. The first kappa shape index (κ1) is 21.9. The summed E-state index contributed by atoms with van der Waals surface area (Å²) in [4.78, 5) is 12.3. The highest BCUT2D eigenvalue weighted by atomic mass is 32.1. The molecular formula is C24H28FN3O2S. The van der Waals surface area contributed by atoms with Crippen molar-refractivity contribution >= 4 is 11.3 Å². The maximum Gasteiger partial charge on any atom is 0.165 e. The van der Waals surface area contributed by atoms with E-state index in [4.69, 9.17) is 9.72 Å². The van der Waals surface area contributed by atoms with Crippen LogP contribution in [0.5, 0.6) is 5.75 Å². The van der Waals surface area contributed by atoms with Gasteiger partial charge in [0, 0.05) is 36.8 Å². The van der Waals surface area contributed by atoms with Crippen LogP contribution in [0, 0.1) is 12.7 Å². The van der Waals surface area contributed by atoms with Gasteiger partial charge in [-0.05, 0) is 62.6 Å². The molecule has 1 aliphatic rings. The fourth-order valence-electron chi connectivity index (χ4n) is 3.97. The number of hydrogen-bond donors (Lipinski definition) is 1. The molecule has 0 amide bonds. The van der Waals surface area contributed by atoms with Crippen molar-refractivity contribution in [2.75, 3.05) is 19.7 Å². The number of likely N-dealkylation sites (tertiary alicyclic amines) is 1. The van der Waals surface area contributed by atoms with E-state index in [1.165, 1.54) is 11.6 Å². The summed E-state index contributed by atoms with van der Waals surface area (Å²) in [6.07, 6.45) is 6.57. The number of ether oxygens (including phenoxy) is 1. The van der Waals surface area contributed by atoms with Crippen molar-refractivity contribution in [1.82, 2.24) is 14.9 Å². The summed E-state index contributed by atoms with van der Waals surface area (Å²) >= 11 is 1.56. The monoisotopic (exact) mass is 441 g/mol. The van der Waals surface area contributed by atoms with E-state index in [-0.39, 0.29) is 11.6 Å². The summed E-state index contributed by atoms with van der Waals surface area (Å²) in [5.41, 5.74) is 1.26. The standard InChI is InChI=1S/C24H28FN3O2S/c1-18-22(9-16-30-21-6-3-2-5-20(21)25)31-23(27-18)24(29)10-4-14-28(15-11-24)17-19-7-12-26-13-8-19/h2-3,5-8,12-13,29H,4,9-11,14-17H2,1H3/t24-/m0/s1. The van der Waals surface area contributed by atoms with Crippen LogP contribution in [0.15, 0.2) is 48.8 Å². The Labute approximate surface area is 186 Å². The van der Waals surface area contributed by atoms with Crippen LogP contribution in [-0.2, 0) is 18.6 Å². The van der Waals surface area contributed by atoms with Crippen molar-refractivity contribution in [3.05, 3.63) is 75.8 Å². The normalized spacial score (nSPS) is 19.8. The minimum Gasteiger partial charge on any atom is -0.490 e. The summed E-state index contributed by atoms with van der Waals surface area (Å²) < 4.78 is 19.3. The Morgan fingerprint density at radius 1 is 1.16 bits per heavy atom. The molecule has 0 radical (unpaired) electrons. The first-order valence-corrected chi connectivity index (χ1v) is 11.5. The van der Waals surface area contributed by atoms with E-state index in [0.717, 1.165) is 41.6 Å². The number of aromatic nitrogens is 2. The second kappa shape index (κ2) is 9.85. The summed E-state index contributed by atoms with van der Waals surface area (Å²) in [6.45, 7) is 4.99. The summed E-state index contributed by atoms with van der Waals surface area (Å²) in [7, 11) is 0. The van der Waals surface area contributed by atoms with Crippen LogP contribution in [0.1, 0.15) is 40.4 Å². The van der Waals surface area contributed by atoms with Crippen molar-refractivity contribution in [1.29, 1.82) is 0 Å². The zero-order chi connectivity index (χ0) is 21.7. The van der Waals surface area contributed by atoms with Crippen LogP contribution in [0.3, 0.4) is 0 Å². The highest BCUT2D eigenvalue weighted by molar-refractivity contribution is 7.11. The number of hydrogen-bond acceptors (Lipinski definition) is 6. The molecule has 1 aromatic carbocycles. The van der Waals surface area contributed by atoms with Gasteiger partial charge in [-0.25, -0.2) is 9.37 Å². The van der Waals surface area contributed by atoms with Crippen molar-refractivity contribution in [2.45, 2.75) is 44.8 Å². The van der Waals surface area contributed by atoms with Crippen LogP contribution in [0.4, 0.5) is 4.39 Å². The van der Waals surface area contributed by atoms with Crippen LogP contribution in [-0.4, -0.2) is 39.7 Å². The largest absolute Gasteiger partial charge is 0.490 e. The Balaban J connectivity index is 1.37. The molecule has 1 fully saturated rings. The molecule has 0 spiro atoms. The minimum absolute atomic E-state index is 0.265. The molecule has 3 aromatic rings. The van der Waals surface area contributed by atoms with E-state index in [2.05, 4.69) is 9.88 Å².